The van der Waals surface area contributed by atoms with Crippen molar-refractivity contribution in [2.75, 3.05) is 0 Å². The monoisotopic (exact) mass is 410 g/mol. The second-order valence-electron chi connectivity index (χ2n) is 11.3. The van der Waals surface area contributed by atoms with Crippen LogP contribution in [0.25, 0.3) is 0 Å². The largest absolute Gasteiger partial charge is 0.300 e. The van der Waals surface area contributed by atoms with Crippen molar-refractivity contribution >= 4 is 17.3 Å². The van der Waals surface area contributed by atoms with Gasteiger partial charge in [0.15, 0.2) is 5.78 Å². The Hall–Kier alpha value is -1.51. The van der Waals surface area contributed by atoms with E-state index in [1.165, 1.54) is 5.57 Å². The molecule has 0 aliphatic heterocycles. The molecule has 4 rings (SSSR count). The number of allylic oxidation sites excluding steroid dienone is 4. The van der Waals surface area contributed by atoms with Gasteiger partial charge in [0.1, 0.15) is 11.6 Å². The van der Waals surface area contributed by atoms with Gasteiger partial charge in [0.25, 0.3) is 0 Å². The molecule has 0 aromatic rings. The molecule has 0 bridgehead atoms. The third kappa shape index (κ3) is 3.19. The van der Waals surface area contributed by atoms with Crippen molar-refractivity contribution in [3.8, 4) is 0 Å². The minimum atomic E-state index is -0.0174. The van der Waals surface area contributed by atoms with Crippen molar-refractivity contribution in [3.63, 3.8) is 0 Å². The molecular formula is C27H38O3. The van der Waals surface area contributed by atoms with Crippen LogP contribution >= 0.6 is 0 Å². The lowest BCUT2D eigenvalue weighted by Crippen LogP contribution is -2.53. The molecule has 164 valence electrons. The third-order valence-electron chi connectivity index (χ3n) is 9.54. The molecule has 8 unspecified atom stereocenters. The van der Waals surface area contributed by atoms with E-state index in [9.17, 15) is 14.4 Å². The van der Waals surface area contributed by atoms with Gasteiger partial charge in [0, 0.05) is 30.6 Å². The fourth-order valence-electron chi connectivity index (χ4n) is 8.54. The van der Waals surface area contributed by atoms with Crippen LogP contribution in [0.5, 0.6) is 0 Å². The van der Waals surface area contributed by atoms with Crippen LogP contribution in [0.1, 0.15) is 79.6 Å². The maximum absolute atomic E-state index is 13.3. The molecule has 3 nitrogen and oxygen atoms in total. The molecule has 0 heterocycles. The first kappa shape index (κ1) is 21.7. The van der Waals surface area contributed by atoms with Gasteiger partial charge in [-0.3, -0.25) is 14.4 Å². The molecule has 0 radical (unpaired) electrons. The van der Waals surface area contributed by atoms with Crippen molar-refractivity contribution in [2.24, 2.45) is 46.3 Å². The zero-order valence-corrected chi connectivity index (χ0v) is 19.4. The zero-order valence-electron chi connectivity index (χ0n) is 19.4. The number of fused-ring (bicyclic) bond motifs is 5. The average Bonchev–Trinajstić information content (AvgIpc) is 2.95. The zero-order chi connectivity index (χ0) is 21.8. The summed E-state index contributed by atoms with van der Waals surface area (Å²) in [6.45, 7) is 11.2. The molecule has 3 heteroatoms. The summed E-state index contributed by atoms with van der Waals surface area (Å²) in [6, 6.07) is 0. The van der Waals surface area contributed by atoms with Crippen molar-refractivity contribution in [2.45, 2.75) is 79.6 Å². The maximum Gasteiger partial charge on any atom is 0.178 e. The lowest BCUT2D eigenvalue weighted by Gasteiger charge is -2.59. The number of hydrogen-bond donors (Lipinski definition) is 0. The molecule has 0 spiro atoms. The van der Waals surface area contributed by atoms with Crippen LogP contribution in [0, 0.1) is 46.3 Å². The van der Waals surface area contributed by atoms with Gasteiger partial charge in [-0.05, 0) is 72.8 Å². The van der Waals surface area contributed by atoms with Gasteiger partial charge in [-0.2, -0.15) is 0 Å². The molecule has 4 aliphatic rings. The first-order valence-electron chi connectivity index (χ1n) is 12.1. The Morgan fingerprint density at radius 2 is 1.87 bits per heavy atom. The van der Waals surface area contributed by atoms with Crippen molar-refractivity contribution in [1.82, 2.24) is 0 Å². The van der Waals surface area contributed by atoms with E-state index in [2.05, 4.69) is 33.8 Å². The summed E-state index contributed by atoms with van der Waals surface area (Å²) in [5.41, 5.74) is 1.35. The van der Waals surface area contributed by atoms with Crippen LogP contribution in [0.2, 0.25) is 0 Å². The Labute approximate surface area is 181 Å². The fraction of sp³-hybridized carbons (Fsp3) is 0.741. The van der Waals surface area contributed by atoms with Crippen LogP contribution in [0.3, 0.4) is 0 Å². The molecule has 0 aromatic heterocycles. The van der Waals surface area contributed by atoms with E-state index < -0.39 is 0 Å². The van der Waals surface area contributed by atoms with Gasteiger partial charge in [0.05, 0.1) is 0 Å². The molecule has 0 aromatic carbocycles. The second kappa shape index (κ2) is 7.57. The summed E-state index contributed by atoms with van der Waals surface area (Å²) in [5.74, 6) is 3.37. The highest BCUT2D eigenvalue weighted by Gasteiger charge is 2.63. The number of rotatable bonds is 5. The lowest BCUT2D eigenvalue weighted by molar-refractivity contribution is -0.134. The molecule has 3 fully saturated rings. The minimum absolute atomic E-state index is 0.0174. The van der Waals surface area contributed by atoms with E-state index in [0.29, 0.717) is 54.6 Å². The van der Waals surface area contributed by atoms with Crippen LogP contribution < -0.4 is 0 Å². The van der Waals surface area contributed by atoms with E-state index in [0.717, 1.165) is 25.7 Å². The normalized spacial score (nSPS) is 44.7. The number of Topliss-reactive ketones (excluding diaryl/α,β-unsaturated/α-hetero) is 2. The standard InChI is InChI=1S/C27H38O3/c1-6-19(28)8-10-23(30)25-16(2)13-22-21-9-7-18-14-20(29)11-12-26(18,4)24(21)17(3)15-27(22,25)5/h11-12,14,16-17,21-22,24-25H,6-10,13,15H2,1-5H3. The van der Waals surface area contributed by atoms with Crippen LogP contribution in [0.15, 0.2) is 23.8 Å². The Morgan fingerprint density at radius 3 is 2.57 bits per heavy atom. The summed E-state index contributed by atoms with van der Waals surface area (Å²) < 4.78 is 0. The summed E-state index contributed by atoms with van der Waals surface area (Å²) >= 11 is 0. The molecule has 0 saturated heterocycles. The van der Waals surface area contributed by atoms with E-state index in [4.69, 9.17) is 0 Å². The van der Waals surface area contributed by atoms with E-state index in [1.54, 1.807) is 6.08 Å². The molecule has 0 amide bonds. The van der Waals surface area contributed by atoms with Gasteiger partial charge in [-0.1, -0.05) is 46.3 Å². The Bertz CT molecular complexity index is 820. The summed E-state index contributed by atoms with van der Waals surface area (Å²) in [7, 11) is 0. The Kier molecular flexibility index (Phi) is 5.48. The van der Waals surface area contributed by atoms with E-state index in [1.807, 2.05) is 13.0 Å². The van der Waals surface area contributed by atoms with Crippen molar-refractivity contribution in [3.05, 3.63) is 23.8 Å². The van der Waals surface area contributed by atoms with Gasteiger partial charge in [-0.15, -0.1) is 0 Å². The van der Waals surface area contributed by atoms with Crippen LogP contribution in [-0.4, -0.2) is 17.3 Å². The second-order valence-corrected chi connectivity index (χ2v) is 11.3. The SMILES string of the molecule is CCC(=O)CCC(=O)C1C(C)CC2C3CCC4=CC(=O)C=CC4(C)C3C(C)CC21C. The maximum atomic E-state index is 13.3. The molecule has 4 aliphatic carbocycles. The Balaban J connectivity index is 1.62. The number of carbonyl (C=O) groups is 3. The van der Waals surface area contributed by atoms with E-state index in [-0.39, 0.29) is 28.3 Å². The molecule has 8 atom stereocenters. The Morgan fingerprint density at radius 1 is 1.13 bits per heavy atom. The third-order valence-corrected chi connectivity index (χ3v) is 9.54. The predicted molar refractivity (Wildman–Crippen MR) is 119 cm³/mol. The highest BCUT2D eigenvalue weighted by Crippen LogP contribution is 2.68. The van der Waals surface area contributed by atoms with Gasteiger partial charge in [0.2, 0.25) is 0 Å². The lowest BCUT2D eigenvalue weighted by atomic mass is 9.45. The topological polar surface area (TPSA) is 51.2 Å². The average molecular weight is 411 g/mol. The summed E-state index contributed by atoms with van der Waals surface area (Å²) in [4.78, 5) is 37.1. The predicted octanol–water partition coefficient (Wildman–Crippen LogP) is 5.73. The highest BCUT2D eigenvalue weighted by molar-refractivity contribution is 6.01. The van der Waals surface area contributed by atoms with E-state index >= 15 is 0 Å². The van der Waals surface area contributed by atoms with Crippen molar-refractivity contribution in [1.29, 1.82) is 0 Å². The summed E-state index contributed by atoms with van der Waals surface area (Å²) in [5, 5.41) is 0. The van der Waals surface area contributed by atoms with Gasteiger partial charge in [-0.25, -0.2) is 0 Å². The fourth-order valence-corrected chi connectivity index (χ4v) is 8.54. The molecular weight excluding hydrogens is 372 g/mol. The smallest absolute Gasteiger partial charge is 0.178 e. The van der Waals surface area contributed by atoms with Crippen molar-refractivity contribution < 1.29 is 14.4 Å². The highest BCUT2D eigenvalue weighted by atomic mass is 16.1. The van der Waals surface area contributed by atoms with Crippen LogP contribution in [0.4, 0.5) is 0 Å². The van der Waals surface area contributed by atoms with Gasteiger partial charge >= 0.3 is 0 Å². The first-order chi connectivity index (χ1) is 14.1. The summed E-state index contributed by atoms with van der Waals surface area (Å²) in [6.07, 6.45) is 11.6. The molecule has 0 N–H and O–H groups in total. The number of hydrogen-bond acceptors (Lipinski definition) is 3. The first-order valence-corrected chi connectivity index (χ1v) is 12.1. The van der Waals surface area contributed by atoms with Crippen LogP contribution in [-0.2, 0) is 14.4 Å². The number of carbonyl (C=O) groups excluding carboxylic acids is 3. The molecule has 30 heavy (non-hydrogen) atoms. The number of ketones is 3. The van der Waals surface area contributed by atoms with Gasteiger partial charge < -0.3 is 0 Å². The molecule has 3 saturated carbocycles. The quantitative estimate of drug-likeness (QED) is 0.581. The minimum Gasteiger partial charge on any atom is -0.300 e.